The molecule has 7 nitrogen and oxygen atoms in total. The van der Waals surface area contributed by atoms with Gasteiger partial charge in [0.1, 0.15) is 0 Å². The molecule has 1 saturated carbocycles. The molecule has 2 aromatic carbocycles. The summed E-state index contributed by atoms with van der Waals surface area (Å²) in [5.41, 5.74) is 1.91. The van der Waals surface area contributed by atoms with Crippen LogP contribution in [0.25, 0.3) is 0 Å². The van der Waals surface area contributed by atoms with Crippen molar-refractivity contribution < 1.29 is 22.7 Å². The molecule has 1 fully saturated rings. The Labute approximate surface area is 195 Å². The van der Waals surface area contributed by atoms with Gasteiger partial charge in [0.25, 0.3) is 15.9 Å². The maximum absolute atomic E-state index is 13.2. The third kappa shape index (κ3) is 5.55. The van der Waals surface area contributed by atoms with E-state index in [-0.39, 0.29) is 23.0 Å². The van der Waals surface area contributed by atoms with Gasteiger partial charge in [0.15, 0.2) is 6.61 Å². The number of hydrogen-bond acceptors (Lipinski definition) is 5. The Bertz CT molecular complexity index is 1090. The summed E-state index contributed by atoms with van der Waals surface area (Å²) < 4.78 is 32.9. The Morgan fingerprint density at radius 3 is 2.45 bits per heavy atom. The Hall–Kier alpha value is -2.87. The molecule has 1 amide bonds. The summed E-state index contributed by atoms with van der Waals surface area (Å²) >= 11 is 0. The predicted octanol–water partition coefficient (Wildman–Crippen LogP) is 3.68. The van der Waals surface area contributed by atoms with Crippen molar-refractivity contribution in [1.29, 1.82) is 0 Å². The molecule has 1 aliphatic carbocycles. The molecule has 0 bridgehead atoms. The molecule has 0 unspecified atom stereocenters. The van der Waals surface area contributed by atoms with Crippen molar-refractivity contribution in [3.8, 4) is 0 Å². The molecular formula is C25H30N2O5S. The smallest absolute Gasteiger partial charge is 0.338 e. The van der Waals surface area contributed by atoms with Crippen molar-refractivity contribution >= 4 is 27.6 Å². The molecule has 0 aromatic heterocycles. The van der Waals surface area contributed by atoms with Gasteiger partial charge in [-0.3, -0.25) is 9.10 Å². The van der Waals surface area contributed by atoms with Gasteiger partial charge in [-0.2, -0.15) is 0 Å². The molecule has 1 aliphatic heterocycles. The van der Waals surface area contributed by atoms with Gasteiger partial charge in [0, 0.05) is 13.1 Å². The first-order chi connectivity index (χ1) is 15.9. The van der Waals surface area contributed by atoms with Gasteiger partial charge >= 0.3 is 5.97 Å². The first-order valence-corrected chi connectivity index (χ1v) is 13.0. The van der Waals surface area contributed by atoms with Crippen LogP contribution < -0.4 is 9.62 Å². The summed E-state index contributed by atoms with van der Waals surface area (Å²) in [6.07, 6.45) is 7.51. The number of benzene rings is 2. The number of rotatable bonds is 7. The van der Waals surface area contributed by atoms with Crippen LogP contribution in [-0.2, 0) is 26.0 Å². The molecule has 33 heavy (non-hydrogen) atoms. The lowest BCUT2D eigenvalue weighted by Gasteiger charge is -2.30. The van der Waals surface area contributed by atoms with Crippen molar-refractivity contribution in [2.45, 2.75) is 49.8 Å². The summed E-state index contributed by atoms with van der Waals surface area (Å²) in [4.78, 5) is 24.4. The second-order valence-corrected chi connectivity index (χ2v) is 10.6. The summed E-state index contributed by atoms with van der Waals surface area (Å²) in [5, 5.41) is 2.83. The number of carbonyl (C=O) groups is 2. The first kappa shape index (κ1) is 23.3. The Kier molecular flexibility index (Phi) is 7.33. The maximum atomic E-state index is 13.2. The van der Waals surface area contributed by atoms with Crippen LogP contribution in [0, 0.1) is 5.92 Å². The van der Waals surface area contributed by atoms with Crippen molar-refractivity contribution in [3.05, 3.63) is 59.7 Å². The number of nitrogens with one attached hydrogen (secondary N) is 1. The van der Waals surface area contributed by atoms with Crippen molar-refractivity contribution in [1.82, 2.24) is 5.32 Å². The van der Waals surface area contributed by atoms with E-state index in [0.29, 0.717) is 24.7 Å². The monoisotopic (exact) mass is 470 g/mol. The number of anilines is 1. The van der Waals surface area contributed by atoms with Gasteiger partial charge in [-0.15, -0.1) is 0 Å². The number of carbonyl (C=O) groups excluding carboxylic acids is 2. The number of sulfonamides is 1. The molecular weight excluding hydrogens is 440 g/mol. The van der Waals surface area contributed by atoms with E-state index in [1.165, 1.54) is 47.8 Å². The molecule has 1 heterocycles. The third-order valence-electron chi connectivity index (χ3n) is 6.39. The molecule has 1 N–H and O–H groups in total. The van der Waals surface area contributed by atoms with Crippen LogP contribution in [0.5, 0.6) is 0 Å². The van der Waals surface area contributed by atoms with Crippen LogP contribution in [0.15, 0.2) is 53.4 Å². The van der Waals surface area contributed by atoms with Gasteiger partial charge in [0.2, 0.25) is 0 Å². The Balaban J connectivity index is 1.34. The van der Waals surface area contributed by atoms with Crippen LogP contribution in [-0.4, -0.2) is 40.0 Å². The van der Waals surface area contributed by atoms with Gasteiger partial charge in [-0.05, 0) is 67.5 Å². The Morgan fingerprint density at radius 1 is 0.970 bits per heavy atom. The number of ether oxygens (including phenoxy) is 1. The number of para-hydroxylation sites is 1. The fourth-order valence-electron chi connectivity index (χ4n) is 4.55. The topological polar surface area (TPSA) is 92.8 Å². The zero-order chi connectivity index (χ0) is 23.3. The normalized spacial score (nSPS) is 16.7. The molecule has 4 rings (SSSR count). The minimum Gasteiger partial charge on any atom is -0.452 e. The molecule has 0 atom stereocenters. The van der Waals surface area contributed by atoms with Crippen LogP contribution >= 0.6 is 0 Å². The molecule has 0 spiro atoms. The van der Waals surface area contributed by atoms with E-state index in [1.54, 1.807) is 0 Å². The SMILES string of the molecule is O=C(COC(=O)c1ccc(S(=O)(=O)N2CCCc3ccccc32)cc1)NCC1CCCCC1. The van der Waals surface area contributed by atoms with E-state index in [2.05, 4.69) is 5.32 Å². The summed E-state index contributed by atoms with van der Waals surface area (Å²) in [5.74, 6) is -0.480. The quantitative estimate of drug-likeness (QED) is 0.623. The van der Waals surface area contributed by atoms with Gasteiger partial charge in [0.05, 0.1) is 16.1 Å². The minimum absolute atomic E-state index is 0.112. The van der Waals surface area contributed by atoms with Crippen molar-refractivity contribution in [2.75, 3.05) is 24.0 Å². The molecule has 0 saturated heterocycles. The van der Waals surface area contributed by atoms with Crippen molar-refractivity contribution in [2.24, 2.45) is 5.92 Å². The molecule has 2 aromatic rings. The minimum atomic E-state index is -3.74. The number of esters is 1. The van der Waals surface area contributed by atoms with E-state index in [1.807, 2.05) is 24.3 Å². The lowest BCUT2D eigenvalue weighted by atomic mass is 9.89. The number of hydrogen-bond donors (Lipinski definition) is 1. The largest absolute Gasteiger partial charge is 0.452 e. The highest BCUT2D eigenvalue weighted by Gasteiger charge is 2.29. The molecule has 176 valence electrons. The average molecular weight is 471 g/mol. The fourth-order valence-corrected chi connectivity index (χ4v) is 6.09. The van der Waals surface area contributed by atoms with E-state index in [9.17, 15) is 18.0 Å². The molecule has 8 heteroatoms. The fraction of sp³-hybridized carbons (Fsp3) is 0.440. The molecule has 0 radical (unpaired) electrons. The van der Waals surface area contributed by atoms with Crippen LogP contribution in [0.2, 0.25) is 0 Å². The predicted molar refractivity (Wildman–Crippen MR) is 126 cm³/mol. The standard InChI is InChI=1S/C25H30N2O5S/c28-24(26-17-19-7-2-1-3-8-19)18-32-25(29)21-12-14-22(15-13-21)33(30,31)27-16-6-10-20-9-4-5-11-23(20)27/h4-5,9,11-15,19H,1-3,6-8,10,16-18H2,(H,26,28). The van der Waals surface area contributed by atoms with Gasteiger partial charge in [-0.1, -0.05) is 37.5 Å². The van der Waals surface area contributed by atoms with Crippen LogP contribution in [0.1, 0.15) is 54.4 Å². The van der Waals surface area contributed by atoms with Gasteiger partial charge < -0.3 is 10.1 Å². The lowest BCUT2D eigenvalue weighted by molar-refractivity contribution is -0.124. The zero-order valence-corrected chi connectivity index (χ0v) is 19.5. The van der Waals surface area contributed by atoms with Gasteiger partial charge in [-0.25, -0.2) is 13.2 Å². The molecule has 2 aliphatic rings. The number of aryl methyl sites for hydroxylation is 1. The van der Waals surface area contributed by atoms with Crippen LogP contribution in [0.4, 0.5) is 5.69 Å². The maximum Gasteiger partial charge on any atom is 0.338 e. The number of nitrogens with zero attached hydrogens (tertiary/aromatic N) is 1. The average Bonchev–Trinajstić information content (AvgIpc) is 2.86. The zero-order valence-electron chi connectivity index (χ0n) is 18.7. The summed E-state index contributed by atoms with van der Waals surface area (Å²) in [7, 11) is -3.74. The first-order valence-electron chi connectivity index (χ1n) is 11.6. The van der Waals surface area contributed by atoms with E-state index < -0.39 is 16.0 Å². The van der Waals surface area contributed by atoms with E-state index >= 15 is 0 Å². The number of fused-ring (bicyclic) bond motifs is 1. The highest BCUT2D eigenvalue weighted by molar-refractivity contribution is 7.92. The summed E-state index contributed by atoms with van der Waals surface area (Å²) in [6.45, 7) is 0.678. The van der Waals surface area contributed by atoms with E-state index in [0.717, 1.165) is 31.2 Å². The Morgan fingerprint density at radius 2 is 1.70 bits per heavy atom. The van der Waals surface area contributed by atoms with E-state index in [4.69, 9.17) is 4.74 Å². The second-order valence-electron chi connectivity index (χ2n) is 8.72. The third-order valence-corrected chi connectivity index (χ3v) is 8.22. The summed E-state index contributed by atoms with van der Waals surface area (Å²) in [6, 6.07) is 13.2. The lowest BCUT2D eigenvalue weighted by Crippen LogP contribution is -2.35. The highest BCUT2D eigenvalue weighted by Crippen LogP contribution is 2.31. The second kappa shape index (κ2) is 10.4. The highest BCUT2D eigenvalue weighted by atomic mass is 32.2. The van der Waals surface area contributed by atoms with Crippen LogP contribution in [0.3, 0.4) is 0 Å². The van der Waals surface area contributed by atoms with Crippen molar-refractivity contribution in [3.63, 3.8) is 0 Å². The number of amides is 1.